The van der Waals surface area contributed by atoms with Crippen molar-refractivity contribution < 1.29 is 14.0 Å². The van der Waals surface area contributed by atoms with Crippen LogP contribution in [0.25, 0.3) is 0 Å². The van der Waals surface area contributed by atoms with Gasteiger partial charge in [0.15, 0.2) is 0 Å². The predicted octanol–water partition coefficient (Wildman–Crippen LogP) is 2.13. The van der Waals surface area contributed by atoms with Crippen molar-refractivity contribution in [2.75, 3.05) is 27.2 Å². The Morgan fingerprint density at radius 1 is 0.960 bits per heavy atom. The van der Waals surface area contributed by atoms with Crippen molar-refractivity contribution in [2.45, 2.75) is 6.54 Å². The van der Waals surface area contributed by atoms with Gasteiger partial charge in [-0.1, -0.05) is 18.2 Å². The van der Waals surface area contributed by atoms with E-state index in [1.165, 1.54) is 18.2 Å². The zero-order valence-corrected chi connectivity index (χ0v) is 14.4. The van der Waals surface area contributed by atoms with Crippen LogP contribution in [0.3, 0.4) is 0 Å². The Hall–Kier alpha value is -2.73. The Bertz CT molecular complexity index is 745. The monoisotopic (exact) mass is 343 g/mol. The first-order chi connectivity index (χ1) is 11.9. The van der Waals surface area contributed by atoms with Gasteiger partial charge in [-0.15, -0.1) is 0 Å². The van der Waals surface area contributed by atoms with E-state index in [2.05, 4.69) is 0 Å². The highest BCUT2D eigenvalue weighted by molar-refractivity contribution is 5.97. The number of nitrogens with zero attached hydrogens (tertiary/aromatic N) is 2. The number of halogens is 1. The zero-order chi connectivity index (χ0) is 18.4. The molecule has 0 heterocycles. The lowest BCUT2D eigenvalue weighted by molar-refractivity contribution is 0.0730. The number of carbonyl (C=O) groups excluding carboxylic acids is 2. The minimum Gasteiger partial charge on any atom is -0.366 e. The van der Waals surface area contributed by atoms with Crippen LogP contribution in [-0.4, -0.2) is 48.8 Å². The normalized spacial score (nSPS) is 10.7. The van der Waals surface area contributed by atoms with Gasteiger partial charge in [-0.2, -0.15) is 0 Å². The van der Waals surface area contributed by atoms with Crippen LogP contribution in [0.1, 0.15) is 26.3 Å². The third-order valence-corrected chi connectivity index (χ3v) is 3.84. The van der Waals surface area contributed by atoms with Gasteiger partial charge in [-0.25, -0.2) is 4.39 Å². The summed E-state index contributed by atoms with van der Waals surface area (Å²) in [5.74, 6) is -1.11. The molecule has 2 aromatic carbocycles. The molecule has 0 radical (unpaired) electrons. The number of benzene rings is 2. The smallest absolute Gasteiger partial charge is 0.254 e. The van der Waals surface area contributed by atoms with Gasteiger partial charge in [0.2, 0.25) is 5.91 Å². The molecule has 0 fully saturated rings. The number of rotatable bonds is 7. The summed E-state index contributed by atoms with van der Waals surface area (Å²) in [5.41, 5.74) is 6.45. The third-order valence-electron chi connectivity index (χ3n) is 3.84. The molecule has 0 atom stereocenters. The van der Waals surface area contributed by atoms with Gasteiger partial charge in [0.05, 0.1) is 0 Å². The van der Waals surface area contributed by atoms with E-state index >= 15 is 0 Å². The van der Waals surface area contributed by atoms with Gasteiger partial charge < -0.3 is 15.5 Å². The van der Waals surface area contributed by atoms with Crippen LogP contribution in [-0.2, 0) is 6.54 Å². The molecule has 0 unspecified atom stereocenters. The SMILES string of the molecule is CN(C)CCN(Cc1ccccc1F)C(=O)c1ccc(C(N)=O)cc1. The molecule has 6 heteroatoms. The molecule has 0 bridgehead atoms. The van der Waals surface area contributed by atoms with E-state index in [4.69, 9.17) is 5.73 Å². The van der Waals surface area contributed by atoms with E-state index in [1.54, 1.807) is 35.2 Å². The number of carbonyl (C=O) groups is 2. The highest BCUT2D eigenvalue weighted by atomic mass is 19.1. The zero-order valence-electron chi connectivity index (χ0n) is 14.4. The fraction of sp³-hybridized carbons (Fsp3) is 0.263. The lowest BCUT2D eigenvalue weighted by Gasteiger charge is -2.25. The first kappa shape index (κ1) is 18.6. The summed E-state index contributed by atoms with van der Waals surface area (Å²) in [6.45, 7) is 1.29. The van der Waals surface area contributed by atoms with Crippen molar-refractivity contribution in [2.24, 2.45) is 5.73 Å². The lowest BCUT2D eigenvalue weighted by Crippen LogP contribution is -2.36. The van der Waals surface area contributed by atoms with Crippen LogP contribution < -0.4 is 5.73 Å². The molecular formula is C19H22FN3O2. The summed E-state index contributed by atoms with van der Waals surface area (Å²) in [7, 11) is 3.82. The van der Waals surface area contributed by atoms with E-state index in [0.29, 0.717) is 29.8 Å². The second-order valence-corrected chi connectivity index (χ2v) is 6.06. The molecule has 5 nitrogen and oxygen atoms in total. The summed E-state index contributed by atoms with van der Waals surface area (Å²) in [4.78, 5) is 27.5. The molecule has 0 saturated heterocycles. The van der Waals surface area contributed by atoms with Gasteiger partial charge >= 0.3 is 0 Å². The number of amides is 2. The van der Waals surface area contributed by atoms with Crippen LogP contribution in [0.2, 0.25) is 0 Å². The lowest BCUT2D eigenvalue weighted by atomic mass is 10.1. The molecular weight excluding hydrogens is 321 g/mol. The maximum Gasteiger partial charge on any atom is 0.254 e. The van der Waals surface area contributed by atoms with Crippen LogP contribution in [0.5, 0.6) is 0 Å². The number of nitrogens with two attached hydrogens (primary N) is 1. The van der Waals surface area contributed by atoms with Crippen molar-refractivity contribution in [3.05, 3.63) is 71.0 Å². The fourth-order valence-electron chi connectivity index (χ4n) is 2.37. The Morgan fingerprint density at radius 3 is 2.12 bits per heavy atom. The van der Waals surface area contributed by atoms with Crippen molar-refractivity contribution >= 4 is 11.8 Å². The average Bonchev–Trinajstić information content (AvgIpc) is 2.59. The second kappa shape index (κ2) is 8.39. The Labute approximate surface area is 146 Å². The molecule has 2 aromatic rings. The van der Waals surface area contributed by atoms with E-state index in [0.717, 1.165) is 0 Å². The highest BCUT2D eigenvalue weighted by Gasteiger charge is 2.18. The number of hydrogen-bond donors (Lipinski definition) is 1. The van der Waals surface area contributed by atoms with E-state index in [-0.39, 0.29) is 18.3 Å². The van der Waals surface area contributed by atoms with Crippen LogP contribution in [0.4, 0.5) is 4.39 Å². The predicted molar refractivity (Wildman–Crippen MR) is 94.7 cm³/mol. The first-order valence-electron chi connectivity index (χ1n) is 7.95. The van der Waals surface area contributed by atoms with Crippen molar-refractivity contribution in [1.29, 1.82) is 0 Å². The second-order valence-electron chi connectivity index (χ2n) is 6.06. The largest absolute Gasteiger partial charge is 0.366 e. The molecule has 2 N–H and O–H groups in total. The van der Waals surface area contributed by atoms with Crippen LogP contribution >= 0.6 is 0 Å². The Kier molecular flexibility index (Phi) is 6.25. The van der Waals surface area contributed by atoms with Crippen molar-refractivity contribution in [3.8, 4) is 0 Å². The molecule has 2 rings (SSSR count). The summed E-state index contributed by atoms with van der Waals surface area (Å²) >= 11 is 0. The third kappa shape index (κ3) is 5.12. The minimum absolute atomic E-state index is 0.177. The molecule has 0 saturated carbocycles. The van der Waals surface area contributed by atoms with Crippen molar-refractivity contribution in [3.63, 3.8) is 0 Å². The maximum absolute atomic E-state index is 14.0. The van der Waals surface area contributed by atoms with Crippen LogP contribution in [0.15, 0.2) is 48.5 Å². The Morgan fingerprint density at radius 2 is 1.56 bits per heavy atom. The number of likely N-dealkylation sites (N-methyl/N-ethyl adjacent to an activating group) is 1. The van der Waals surface area contributed by atoms with Gasteiger partial charge in [0, 0.05) is 36.3 Å². The van der Waals surface area contributed by atoms with Gasteiger partial charge in [0.1, 0.15) is 5.82 Å². The number of hydrogen-bond acceptors (Lipinski definition) is 3. The Balaban J connectivity index is 2.22. The van der Waals surface area contributed by atoms with Crippen LogP contribution in [0, 0.1) is 5.82 Å². The topological polar surface area (TPSA) is 66.6 Å². The fourth-order valence-corrected chi connectivity index (χ4v) is 2.37. The molecule has 25 heavy (non-hydrogen) atoms. The summed E-state index contributed by atoms with van der Waals surface area (Å²) in [5, 5.41) is 0. The molecule has 0 aliphatic rings. The van der Waals surface area contributed by atoms with E-state index in [1.807, 2.05) is 19.0 Å². The molecule has 0 aromatic heterocycles. The molecule has 2 amide bonds. The molecule has 0 spiro atoms. The quantitative estimate of drug-likeness (QED) is 0.837. The standard InChI is InChI=1S/C19H22FN3O2/c1-22(2)11-12-23(13-16-5-3-4-6-17(16)20)19(25)15-9-7-14(8-10-15)18(21)24/h3-10H,11-13H2,1-2H3,(H2,21,24). The molecule has 0 aliphatic heterocycles. The maximum atomic E-state index is 14.0. The average molecular weight is 343 g/mol. The highest BCUT2D eigenvalue weighted by Crippen LogP contribution is 2.14. The number of primary amides is 1. The minimum atomic E-state index is -0.546. The first-order valence-corrected chi connectivity index (χ1v) is 7.95. The van der Waals surface area contributed by atoms with E-state index in [9.17, 15) is 14.0 Å². The van der Waals surface area contributed by atoms with Gasteiger partial charge in [-0.05, 0) is 44.4 Å². The van der Waals surface area contributed by atoms with Crippen molar-refractivity contribution in [1.82, 2.24) is 9.80 Å². The molecule has 0 aliphatic carbocycles. The van der Waals surface area contributed by atoms with E-state index < -0.39 is 5.91 Å². The van der Waals surface area contributed by atoms with Gasteiger partial charge in [0.25, 0.3) is 5.91 Å². The summed E-state index contributed by atoms with van der Waals surface area (Å²) in [6, 6.07) is 12.6. The summed E-state index contributed by atoms with van der Waals surface area (Å²) in [6.07, 6.45) is 0. The van der Waals surface area contributed by atoms with Gasteiger partial charge in [-0.3, -0.25) is 9.59 Å². The molecule has 132 valence electrons. The summed E-state index contributed by atoms with van der Waals surface area (Å²) < 4.78 is 14.0.